The lowest BCUT2D eigenvalue weighted by molar-refractivity contribution is 0.565. The van der Waals surface area contributed by atoms with Crippen molar-refractivity contribution in [2.45, 2.75) is 4.90 Å². The number of benzene rings is 2. The Morgan fingerprint density at radius 2 is 1.75 bits per heavy atom. The van der Waals surface area contributed by atoms with Crippen molar-refractivity contribution >= 4 is 32.9 Å². The maximum Gasteiger partial charge on any atom is 0.187 e. The molecule has 1 heterocycles. The summed E-state index contributed by atoms with van der Waals surface area (Å²) in [5, 5.41) is 1.81. The molecule has 0 aliphatic rings. The topological polar surface area (TPSA) is 53.1 Å². The van der Waals surface area contributed by atoms with Crippen LogP contribution in [0.4, 0.5) is 0 Å². The van der Waals surface area contributed by atoms with Crippen LogP contribution in [0, 0.1) is 0 Å². The van der Waals surface area contributed by atoms with Gasteiger partial charge in [0.1, 0.15) is 0 Å². The fraction of sp³-hybridized carbons (Fsp3) is 0. The molecule has 0 aliphatic carbocycles. The first-order valence-electron chi connectivity index (χ1n) is 4.87. The van der Waals surface area contributed by atoms with Gasteiger partial charge >= 0.3 is 0 Å². The molecule has 4 heteroatoms. The van der Waals surface area contributed by atoms with Gasteiger partial charge in [0, 0.05) is 21.8 Å². The zero-order chi connectivity index (χ0) is 11.1. The standard InChI is InChI=1S/C12H9NO2S/c14-16(15)11-7-3-6-10-12(11)8-4-1-2-5-9(8)13-10/h1-7,13H,(H,14,15). The number of H-pyrrole nitrogens is 1. The normalized spacial score (nSPS) is 13.3. The van der Waals surface area contributed by atoms with Crippen LogP contribution in [0.1, 0.15) is 0 Å². The van der Waals surface area contributed by atoms with Crippen LogP contribution in [0.3, 0.4) is 0 Å². The van der Waals surface area contributed by atoms with E-state index < -0.39 is 11.1 Å². The molecule has 2 N–H and O–H groups in total. The second-order valence-electron chi connectivity index (χ2n) is 3.60. The molecule has 0 saturated carbocycles. The highest BCUT2D eigenvalue weighted by Gasteiger charge is 2.11. The van der Waals surface area contributed by atoms with Crippen molar-refractivity contribution in [2.24, 2.45) is 0 Å². The van der Waals surface area contributed by atoms with Crippen molar-refractivity contribution in [3.05, 3.63) is 42.5 Å². The van der Waals surface area contributed by atoms with E-state index >= 15 is 0 Å². The average Bonchev–Trinajstić information content (AvgIpc) is 2.66. The lowest BCUT2D eigenvalue weighted by atomic mass is 10.1. The quantitative estimate of drug-likeness (QED) is 0.633. The van der Waals surface area contributed by atoms with Crippen LogP contribution in [-0.2, 0) is 11.1 Å². The predicted molar refractivity (Wildman–Crippen MR) is 64.8 cm³/mol. The minimum absolute atomic E-state index is 0.454. The van der Waals surface area contributed by atoms with Crippen LogP contribution in [0.15, 0.2) is 47.4 Å². The van der Waals surface area contributed by atoms with Gasteiger partial charge < -0.3 is 9.54 Å². The molecule has 0 bridgehead atoms. The molecule has 16 heavy (non-hydrogen) atoms. The van der Waals surface area contributed by atoms with Crippen LogP contribution in [0.2, 0.25) is 0 Å². The summed E-state index contributed by atoms with van der Waals surface area (Å²) in [6, 6.07) is 13.1. The van der Waals surface area contributed by atoms with Gasteiger partial charge in [-0.05, 0) is 18.2 Å². The van der Waals surface area contributed by atoms with Crippen molar-refractivity contribution in [1.82, 2.24) is 4.98 Å². The number of aromatic amines is 1. The molecule has 0 spiro atoms. The van der Waals surface area contributed by atoms with Gasteiger partial charge in [0.05, 0.1) is 4.90 Å². The molecular weight excluding hydrogens is 222 g/mol. The first-order chi connectivity index (χ1) is 7.77. The summed E-state index contributed by atoms with van der Waals surface area (Å²) in [6.07, 6.45) is 0. The number of para-hydroxylation sites is 1. The average molecular weight is 231 g/mol. The largest absolute Gasteiger partial charge is 0.354 e. The van der Waals surface area contributed by atoms with E-state index in [1.165, 1.54) is 0 Å². The van der Waals surface area contributed by atoms with E-state index in [0.717, 1.165) is 21.8 Å². The van der Waals surface area contributed by atoms with Crippen LogP contribution in [0.5, 0.6) is 0 Å². The summed E-state index contributed by atoms with van der Waals surface area (Å²) in [7, 11) is 0. The molecule has 2 aromatic carbocycles. The monoisotopic (exact) mass is 231 g/mol. The summed E-state index contributed by atoms with van der Waals surface area (Å²) >= 11 is -1.96. The number of nitrogens with one attached hydrogen (secondary N) is 1. The van der Waals surface area contributed by atoms with Gasteiger partial charge in [0.2, 0.25) is 0 Å². The van der Waals surface area contributed by atoms with Gasteiger partial charge in [-0.2, -0.15) is 0 Å². The number of rotatable bonds is 1. The van der Waals surface area contributed by atoms with Gasteiger partial charge in [-0.15, -0.1) is 0 Å². The smallest absolute Gasteiger partial charge is 0.187 e. The highest BCUT2D eigenvalue weighted by Crippen LogP contribution is 2.29. The molecule has 3 nitrogen and oxygen atoms in total. The highest BCUT2D eigenvalue weighted by atomic mass is 32.2. The number of fused-ring (bicyclic) bond motifs is 3. The summed E-state index contributed by atoms with van der Waals surface area (Å²) < 4.78 is 20.5. The number of hydrogen-bond donors (Lipinski definition) is 2. The minimum Gasteiger partial charge on any atom is -0.354 e. The Balaban J connectivity index is 2.57. The fourth-order valence-corrected chi connectivity index (χ4v) is 2.60. The molecule has 80 valence electrons. The van der Waals surface area contributed by atoms with Crippen LogP contribution >= 0.6 is 0 Å². The predicted octanol–water partition coefficient (Wildman–Crippen LogP) is 2.90. The molecule has 0 aliphatic heterocycles. The lowest BCUT2D eigenvalue weighted by Crippen LogP contribution is -1.88. The Morgan fingerprint density at radius 3 is 2.56 bits per heavy atom. The number of hydrogen-bond acceptors (Lipinski definition) is 1. The van der Waals surface area contributed by atoms with Crippen molar-refractivity contribution < 1.29 is 8.76 Å². The SMILES string of the molecule is O=S(O)c1cccc2[nH]c3ccccc3c12. The van der Waals surface area contributed by atoms with Gasteiger partial charge in [0.15, 0.2) is 11.1 Å². The molecule has 1 atom stereocenters. The van der Waals surface area contributed by atoms with E-state index in [0.29, 0.717) is 4.90 Å². The molecule has 1 unspecified atom stereocenters. The third kappa shape index (κ3) is 1.27. The summed E-state index contributed by atoms with van der Waals surface area (Å²) in [6.45, 7) is 0. The van der Waals surface area contributed by atoms with Crippen molar-refractivity contribution in [3.63, 3.8) is 0 Å². The Hall–Kier alpha value is -1.65. The van der Waals surface area contributed by atoms with E-state index in [9.17, 15) is 8.76 Å². The third-order valence-corrected chi connectivity index (χ3v) is 3.40. The van der Waals surface area contributed by atoms with Gasteiger partial charge in [-0.1, -0.05) is 24.3 Å². The zero-order valence-electron chi connectivity index (χ0n) is 8.31. The highest BCUT2D eigenvalue weighted by molar-refractivity contribution is 7.79. The molecule has 3 aromatic rings. The molecular formula is C12H9NO2S. The number of aromatic nitrogens is 1. The lowest BCUT2D eigenvalue weighted by Gasteiger charge is -1.97. The molecule has 1 aromatic heterocycles. The van der Waals surface area contributed by atoms with E-state index in [4.69, 9.17) is 0 Å². The van der Waals surface area contributed by atoms with Crippen LogP contribution in [0.25, 0.3) is 21.8 Å². The molecule has 0 amide bonds. The van der Waals surface area contributed by atoms with Crippen LogP contribution < -0.4 is 0 Å². The maximum atomic E-state index is 11.3. The van der Waals surface area contributed by atoms with E-state index in [1.54, 1.807) is 12.1 Å². The Labute approximate surface area is 94.4 Å². The van der Waals surface area contributed by atoms with E-state index in [1.807, 2.05) is 30.3 Å². The molecule has 0 radical (unpaired) electrons. The first-order valence-corrected chi connectivity index (χ1v) is 5.98. The van der Waals surface area contributed by atoms with E-state index in [-0.39, 0.29) is 0 Å². The Kier molecular flexibility index (Phi) is 2.05. The van der Waals surface area contributed by atoms with Gasteiger partial charge in [-0.3, -0.25) is 0 Å². The molecule has 0 saturated heterocycles. The van der Waals surface area contributed by atoms with Crippen molar-refractivity contribution in [2.75, 3.05) is 0 Å². The Morgan fingerprint density at radius 1 is 1.00 bits per heavy atom. The molecule has 3 rings (SSSR count). The maximum absolute atomic E-state index is 11.3. The van der Waals surface area contributed by atoms with Crippen molar-refractivity contribution in [3.8, 4) is 0 Å². The van der Waals surface area contributed by atoms with E-state index in [2.05, 4.69) is 4.98 Å². The summed E-state index contributed by atoms with van der Waals surface area (Å²) in [5.74, 6) is 0. The second-order valence-corrected chi connectivity index (χ2v) is 4.54. The Bertz CT molecular complexity index is 702. The van der Waals surface area contributed by atoms with Crippen LogP contribution in [-0.4, -0.2) is 13.7 Å². The molecule has 0 fully saturated rings. The third-order valence-electron chi connectivity index (χ3n) is 2.68. The minimum atomic E-state index is -1.96. The van der Waals surface area contributed by atoms with Crippen molar-refractivity contribution in [1.29, 1.82) is 0 Å². The zero-order valence-corrected chi connectivity index (χ0v) is 9.12. The fourth-order valence-electron chi connectivity index (χ4n) is 2.01. The summed E-state index contributed by atoms with van der Waals surface area (Å²) in [4.78, 5) is 3.68. The summed E-state index contributed by atoms with van der Waals surface area (Å²) in [5.41, 5.74) is 1.87. The first kappa shape index (κ1) is 9.57. The second kappa shape index (κ2) is 3.43. The van der Waals surface area contributed by atoms with Gasteiger partial charge in [-0.25, -0.2) is 4.21 Å². The van der Waals surface area contributed by atoms with Gasteiger partial charge in [0.25, 0.3) is 0 Å².